The van der Waals surface area contributed by atoms with E-state index in [2.05, 4.69) is 37.4 Å². The third kappa shape index (κ3) is 5.59. The van der Waals surface area contributed by atoms with Gasteiger partial charge < -0.3 is 9.73 Å². The molecule has 4 aromatic rings. The average molecular weight is 543 g/mol. The molecule has 12 heteroatoms. The fraction of sp³-hybridized carbons (Fsp3) is 0.385. The molecular formula is C26H25F3N6O2S. The van der Waals surface area contributed by atoms with Crippen LogP contribution in [0.2, 0.25) is 0 Å². The van der Waals surface area contributed by atoms with E-state index in [4.69, 9.17) is 4.42 Å². The molecule has 1 amide bonds. The van der Waals surface area contributed by atoms with Crippen molar-refractivity contribution < 1.29 is 22.4 Å². The highest BCUT2D eigenvalue weighted by Crippen LogP contribution is 2.39. The van der Waals surface area contributed by atoms with Crippen LogP contribution in [0, 0.1) is 5.92 Å². The van der Waals surface area contributed by atoms with E-state index in [9.17, 15) is 18.0 Å². The number of aromatic nitrogens is 5. The first-order chi connectivity index (χ1) is 18.2. The summed E-state index contributed by atoms with van der Waals surface area (Å²) in [5.74, 6) is 1.34. The Morgan fingerprint density at radius 1 is 1.13 bits per heavy atom. The van der Waals surface area contributed by atoms with Gasteiger partial charge in [-0.2, -0.15) is 13.2 Å². The molecule has 8 nitrogen and oxygen atoms in total. The van der Waals surface area contributed by atoms with Gasteiger partial charge in [-0.25, -0.2) is 9.97 Å². The Hall–Kier alpha value is -3.67. The summed E-state index contributed by atoms with van der Waals surface area (Å²) >= 11 is 0.858. The predicted octanol–water partition coefficient (Wildman–Crippen LogP) is 6.98. The average Bonchev–Trinajstić information content (AvgIpc) is 3.59. The Balaban J connectivity index is 1.50. The van der Waals surface area contributed by atoms with E-state index in [0.717, 1.165) is 29.6 Å². The second-order valence-electron chi connectivity index (χ2n) is 9.39. The summed E-state index contributed by atoms with van der Waals surface area (Å²) in [4.78, 5) is 24.0. The number of carbonyl (C=O) groups is 1. The van der Waals surface area contributed by atoms with E-state index in [1.807, 2.05) is 0 Å². The van der Waals surface area contributed by atoms with Gasteiger partial charge in [-0.05, 0) is 42.5 Å². The molecule has 0 spiro atoms. The molecule has 1 N–H and O–H groups in total. The number of alkyl halides is 3. The monoisotopic (exact) mass is 542 g/mol. The van der Waals surface area contributed by atoms with Gasteiger partial charge in [-0.15, -0.1) is 21.5 Å². The Morgan fingerprint density at radius 2 is 1.92 bits per heavy atom. The molecule has 1 atom stereocenters. The van der Waals surface area contributed by atoms with Gasteiger partial charge >= 0.3 is 6.18 Å². The molecule has 0 aromatic carbocycles. The first kappa shape index (κ1) is 26.0. The molecule has 198 valence electrons. The van der Waals surface area contributed by atoms with E-state index in [1.165, 1.54) is 38.4 Å². The van der Waals surface area contributed by atoms with E-state index in [0.29, 0.717) is 34.2 Å². The molecule has 4 heterocycles. The number of hydrogen-bond donors (Lipinski definition) is 1. The smallest absolute Gasteiger partial charge is 0.419 e. The summed E-state index contributed by atoms with van der Waals surface area (Å²) in [6.07, 6.45) is 4.44. The van der Waals surface area contributed by atoms with Crippen LogP contribution in [0.4, 0.5) is 19.0 Å². The molecule has 1 fully saturated rings. The number of nitrogens with one attached hydrogen (secondary N) is 1. The van der Waals surface area contributed by atoms with E-state index >= 15 is 0 Å². The second-order valence-corrected chi connectivity index (χ2v) is 10.3. The topological polar surface area (TPSA) is 107 Å². The van der Waals surface area contributed by atoms with Crippen molar-refractivity contribution in [2.24, 2.45) is 5.92 Å². The Labute approximate surface area is 220 Å². The van der Waals surface area contributed by atoms with Crippen molar-refractivity contribution in [1.29, 1.82) is 0 Å². The zero-order chi connectivity index (χ0) is 26.9. The molecule has 1 saturated carbocycles. The molecule has 0 aliphatic heterocycles. The van der Waals surface area contributed by atoms with Crippen LogP contribution in [0.15, 0.2) is 40.4 Å². The highest BCUT2D eigenvalue weighted by molar-refractivity contribution is 7.13. The van der Waals surface area contributed by atoms with Crippen LogP contribution in [-0.4, -0.2) is 31.1 Å². The molecular weight excluding hydrogens is 517 g/mol. The van der Waals surface area contributed by atoms with Crippen molar-refractivity contribution >= 4 is 23.1 Å². The van der Waals surface area contributed by atoms with Crippen LogP contribution in [0.3, 0.4) is 0 Å². The SMILES string of the molecule is CC(=O)Nc1cc(-c2nc(C(F)(F)F)cs2)c(-c2ccnc(-c3nnc(C(C)C4CCCCC4)o3)c2)cn1. The second kappa shape index (κ2) is 10.6. The molecule has 1 aliphatic carbocycles. The number of thiazole rings is 1. The fourth-order valence-electron chi connectivity index (χ4n) is 4.71. The summed E-state index contributed by atoms with van der Waals surface area (Å²) in [6.45, 7) is 3.43. The maximum Gasteiger partial charge on any atom is 0.434 e. The van der Waals surface area contributed by atoms with Gasteiger partial charge in [0.15, 0.2) is 5.69 Å². The number of hydrogen-bond acceptors (Lipinski definition) is 8. The summed E-state index contributed by atoms with van der Waals surface area (Å²) in [6, 6.07) is 4.94. The first-order valence-electron chi connectivity index (χ1n) is 12.3. The van der Waals surface area contributed by atoms with Crippen LogP contribution in [0.5, 0.6) is 0 Å². The summed E-state index contributed by atoms with van der Waals surface area (Å²) in [7, 11) is 0. The number of carbonyl (C=O) groups excluding carboxylic acids is 1. The minimum Gasteiger partial charge on any atom is -0.419 e. The van der Waals surface area contributed by atoms with Crippen molar-refractivity contribution in [1.82, 2.24) is 25.1 Å². The number of amides is 1. The van der Waals surface area contributed by atoms with Gasteiger partial charge in [0.25, 0.3) is 5.89 Å². The largest absolute Gasteiger partial charge is 0.434 e. The molecule has 0 saturated heterocycles. The molecule has 0 bridgehead atoms. The van der Waals surface area contributed by atoms with Crippen molar-refractivity contribution in [3.63, 3.8) is 0 Å². The van der Waals surface area contributed by atoms with Crippen LogP contribution in [0.25, 0.3) is 33.3 Å². The third-order valence-electron chi connectivity index (χ3n) is 6.71. The van der Waals surface area contributed by atoms with Crippen molar-refractivity contribution in [3.8, 4) is 33.3 Å². The third-order valence-corrected chi connectivity index (χ3v) is 7.59. The number of nitrogens with zero attached hydrogens (tertiary/aromatic N) is 5. The standard InChI is InChI=1S/C26H25F3N6O2S/c1-14(16-6-4-3-5-7-16)23-34-35-24(37-23)20-10-17(8-9-30-20)19-12-31-22(32-15(2)36)11-18(19)25-33-21(13-38-25)26(27,28)29/h8-14,16H,3-7H2,1-2H3,(H,31,32,36). The Morgan fingerprint density at radius 3 is 2.63 bits per heavy atom. The zero-order valence-corrected chi connectivity index (χ0v) is 21.6. The number of anilines is 1. The van der Waals surface area contributed by atoms with Crippen molar-refractivity contribution in [2.45, 2.75) is 58.0 Å². The first-order valence-corrected chi connectivity index (χ1v) is 13.2. The molecule has 5 rings (SSSR count). The van der Waals surface area contributed by atoms with Gasteiger partial charge in [-0.1, -0.05) is 26.2 Å². The lowest BCUT2D eigenvalue weighted by Crippen LogP contribution is -2.14. The normalized spacial score (nSPS) is 15.4. The van der Waals surface area contributed by atoms with E-state index in [1.54, 1.807) is 18.3 Å². The van der Waals surface area contributed by atoms with Crippen molar-refractivity contribution in [3.05, 3.63) is 47.6 Å². The lowest BCUT2D eigenvalue weighted by molar-refractivity contribution is -0.140. The maximum absolute atomic E-state index is 13.3. The van der Waals surface area contributed by atoms with Gasteiger partial charge in [0.1, 0.15) is 16.5 Å². The van der Waals surface area contributed by atoms with Gasteiger partial charge in [0, 0.05) is 41.7 Å². The van der Waals surface area contributed by atoms with Gasteiger partial charge in [-0.3, -0.25) is 9.78 Å². The van der Waals surface area contributed by atoms with Crippen LogP contribution >= 0.6 is 11.3 Å². The molecule has 1 aliphatic rings. The highest BCUT2D eigenvalue weighted by Gasteiger charge is 2.34. The van der Waals surface area contributed by atoms with E-state index < -0.39 is 11.9 Å². The maximum atomic E-state index is 13.3. The predicted molar refractivity (Wildman–Crippen MR) is 136 cm³/mol. The number of rotatable bonds is 6. The Bertz CT molecular complexity index is 1440. The molecule has 4 aromatic heterocycles. The minimum absolute atomic E-state index is 0.140. The number of pyridine rings is 2. The summed E-state index contributed by atoms with van der Waals surface area (Å²) in [5.41, 5.74) is 0.974. The molecule has 38 heavy (non-hydrogen) atoms. The molecule has 0 radical (unpaired) electrons. The highest BCUT2D eigenvalue weighted by atomic mass is 32.1. The molecule has 1 unspecified atom stereocenters. The Kier molecular flexibility index (Phi) is 7.24. The van der Waals surface area contributed by atoms with Crippen LogP contribution < -0.4 is 5.32 Å². The lowest BCUT2D eigenvalue weighted by Gasteiger charge is -2.25. The van der Waals surface area contributed by atoms with Crippen molar-refractivity contribution in [2.75, 3.05) is 5.32 Å². The van der Waals surface area contributed by atoms with Gasteiger partial charge in [0.2, 0.25) is 11.8 Å². The minimum atomic E-state index is -4.57. The fourth-order valence-corrected chi connectivity index (χ4v) is 5.57. The van der Waals surface area contributed by atoms with Crippen LogP contribution in [0.1, 0.15) is 63.5 Å². The summed E-state index contributed by atoms with van der Waals surface area (Å²) in [5, 5.41) is 12.2. The van der Waals surface area contributed by atoms with Gasteiger partial charge in [0.05, 0.1) is 0 Å². The quantitative estimate of drug-likeness (QED) is 0.280. The zero-order valence-electron chi connectivity index (χ0n) is 20.7. The lowest BCUT2D eigenvalue weighted by atomic mass is 9.81. The van der Waals surface area contributed by atoms with E-state index in [-0.39, 0.29) is 28.5 Å². The van der Waals surface area contributed by atoms with Crippen LogP contribution in [-0.2, 0) is 11.0 Å². The summed E-state index contributed by atoms with van der Waals surface area (Å²) < 4.78 is 45.8. The number of halogens is 3.